The van der Waals surface area contributed by atoms with Crippen molar-refractivity contribution in [1.29, 1.82) is 0 Å². The molecular formula is C14H15F3O4. The molecule has 21 heavy (non-hydrogen) atoms. The van der Waals surface area contributed by atoms with Crippen LogP contribution < -0.4 is 4.74 Å². The van der Waals surface area contributed by atoms with Gasteiger partial charge in [-0.05, 0) is 32.4 Å². The summed E-state index contributed by atoms with van der Waals surface area (Å²) in [5.41, 5.74) is -1.70. The highest BCUT2D eigenvalue weighted by atomic mass is 19.2. The van der Waals surface area contributed by atoms with E-state index in [1.165, 1.54) is 13.8 Å². The van der Waals surface area contributed by atoms with Gasteiger partial charge in [0.05, 0.1) is 6.61 Å². The van der Waals surface area contributed by atoms with Gasteiger partial charge in [-0.15, -0.1) is 0 Å². The third-order valence-electron chi connectivity index (χ3n) is 2.66. The summed E-state index contributed by atoms with van der Waals surface area (Å²) in [6, 6.07) is 1.38. The monoisotopic (exact) mass is 304 g/mol. The molecule has 0 amide bonds. The van der Waals surface area contributed by atoms with Crippen LogP contribution in [0.1, 0.15) is 27.2 Å². The zero-order valence-electron chi connectivity index (χ0n) is 11.8. The molecule has 0 aromatic heterocycles. The maximum Gasteiger partial charge on any atom is 0.328 e. The molecule has 0 fully saturated rings. The fourth-order valence-electron chi connectivity index (χ4n) is 1.27. The molecule has 1 rings (SSSR count). The minimum Gasteiger partial charge on any atom is -0.465 e. The minimum atomic E-state index is -1.76. The lowest BCUT2D eigenvalue weighted by atomic mass is 9.94. The third-order valence-corrected chi connectivity index (χ3v) is 2.66. The zero-order valence-corrected chi connectivity index (χ0v) is 11.8. The topological polar surface area (TPSA) is 52.6 Å². The molecule has 0 spiro atoms. The summed E-state index contributed by atoms with van der Waals surface area (Å²) in [7, 11) is 0. The van der Waals surface area contributed by atoms with Crippen molar-refractivity contribution < 1.29 is 32.2 Å². The Morgan fingerprint density at radius 3 is 2.29 bits per heavy atom. The van der Waals surface area contributed by atoms with E-state index in [1.54, 1.807) is 6.92 Å². The van der Waals surface area contributed by atoms with E-state index in [4.69, 9.17) is 4.74 Å². The van der Waals surface area contributed by atoms with Crippen LogP contribution in [0, 0.1) is 22.9 Å². The van der Waals surface area contributed by atoms with Crippen LogP contribution in [-0.4, -0.2) is 18.5 Å². The molecule has 0 radical (unpaired) electrons. The average Bonchev–Trinajstić information content (AvgIpc) is 2.44. The first-order valence-electron chi connectivity index (χ1n) is 6.24. The van der Waals surface area contributed by atoms with Crippen molar-refractivity contribution >= 4 is 11.9 Å². The Morgan fingerprint density at radius 1 is 1.10 bits per heavy atom. The van der Waals surface area contributed by atoms with Gasteiger partial charge in [0.2, 0.25) is 5.82 Å². The van der Waals surface area contributed by atoms with Crippen molar-refractivity contribution in [2.24, 2.45) is 5.41 Å². The van der Waals surface area contributed by atoms with Crippen molar-refractivity contribution in [2.75, 3.05) is 6.61 Å². The summed E-state index contributed by atoms with van der Waals surface area (Å²) in [5.74, 6) is -7.58. The van der Waals surface area contributed by atoms with Gasteiger partial charge in [0.25, 0.3) is 0 Å². The third kappa shape index (κ3) is 3.74. The lowest BCUT2D eigenvalue weighted by Crippen LogP contribution is -2.38. The lowest BCUT2D eigenvalue weighted by molar-refractivity contribution is -0.164. The number of hydrogen-bond donors (Lipinski definition) is 0. The van der Waals surface area contributed by atoms with Gasteiger partial charge in [-0.25, -0.2) is 8.78 Å². The van der Waals surface area contributed by atoms with E-state index in [2.05, 4.69) is 4.74 Å². The molecule has 0 bridgehead atoms. The maximum atomic E-state index is 13.4. The second-order valence-corrected chi connectivity index (χ2v) is 4.82. The van der Waals surface area contributed by atoms with Crippen LogP contribution in [0.4, 0.5) is 13.2 Å². The van der Waals surface area contributed by atoms with Crippen LogP contribution in [0.3, 0.4) is 0 Å². The van der Waals surface area contributed by atoms with E-state index < -0.39 is 40.6 Å². The molecule has 0 heterocycles. The van der Waals surface area contributed by atoms with Crippen molar-refractivity contribution in [3.8, 4) is 5.75 Å². The molecule has 0 aliphatic heterocycles. The molecule has 116 valence electrons. The Balaban J connectivity index is 2.90. The summed E-state index contributed by atoms with van der Waals surface area (Å²) in [5, 5.41) is 0. The molecule has 1 aromatic carbocycles. The van der Waals surface area contributed by atoms with E-state index in [-0.39, 0.29) is 6.61 Å². The number of halogens is 3. The summed E-state index contributed by atoms with van der Waals surface area (Å²) in [4.78, 5) is 23.6. The number of hydrogen-bond acceptors (Lipinski definition) is 4. The highest BCUT2D eigenvalue weighted by Crippen LogP contribution is 2.26. The van der Waals surface area contributed by atoms with Crippen molar-refractivity contribution in [3.05, 3.63) is 29.6 Å². The van der Waals surface area contributed by atoms with E-state index in [1.807, 2.05) is 0 Å². The first-order chi connectivity index (χ1) is 9.71. The van der Waals surface area contributed by atoms with Crippen LogP contribution in [0.5, 0.6) is 5.75 Å². The summed E-state index contributed by atoms with van der Waals surface area (Å²) in [6.45, 7) is 4.35. The van der Waals surface area contributed by atoms with Gasteiger partial charge in [-0.2, -0.15) is 4.39 Å². The quantitative estimate of drug-likeness (QED) is 0.363. The molecule has 0 N–H and O–H groups in total. The molecule has 0 saturated carbocycles. The fraction of sp³-hybridized carbons (Fsp3) is 0.429. The number of benzene rings is 1. The molecule has 1 aromatic rings. The predicted octanol–water partition coefficient (Wildman–Crippen LogP) is 2.99. The molecule has 4 nitrogen and oxygen atoms in total. The van der Waals surface area contributed by atoms with E-state index >= 15 is 0 Å². The fourth-order valence-corrected chi connectivity index (χ4v) is 1.27. The van der Waals surface area contributed by atoms with Gasteiger partial charge in [0, 0.05) is 0 Å². The summed E-state index contributed by atoms with van der Waals surface area (Å²) < 4.78 is 48.7. The van der Waals surface area contributed by atoms with Gasteiger partial charge in [0.15, 0.2) is 22.8 Å². The molecule has 0 aliphatic rings. The highest BCUT2D eigenvalue weighted by molar-refractivity contribution is 5.99. The van der Waals surface area contributed by atoms with Gasteiger partial charge in [-0.1, -0.05) is 6.92 Å². The normalized spacial score (nSPS) is 11.1. The van der Waals surface area contributed by atoms with E-state index in [0.29, 0.717) is 12.5 Å². The van der Waals surface area contributed by atoms with Crippen LogP contribution in [0.25, 0.3) is 0 Å². The maximum absolute atomic E-state index is 13.4. The Labute approximate surface area is 119 Å². The second kappa shape index (κ2) is 6.60. The van der Waals surface area contributed by atoms with Crippen molar-refractivity contribution in [3.63, 3.8) is 0 Å². The SMILES string of the molecule is CCCOC(=O)C(C)(C)C(=O)Oc1ccc(F)c(F)c1F. The van der Waals surface area contributed by atoms with Gasteiger partial charge in [0.1, 0.15) is 0 Å². The van der Waals surface area contributed by atoms with Gasteiger partial charge in [-0.3, -0.25) is 9.59 Å². The summed E-state index contributed by atoms with van der Waals surface area (Å²) >= 11 is 0. The van der Waals surface area contributed by atoms with Crippen molar-refractivity contribution in [2.45, 2.75) is 27.2 Å². The van der Waals surface area contributed by atoms with Crippen LogP contribution in [0.15, 0.2) is 12.1 Å². The molecule has 0 atom stereocenters. The minimum absolute atomic E-state index is 0.120. The Morgan fingerprint density at radius 2 is 1.71 bits per heavy atom. The Bertz CT molecular complexity index is 555. The largest absolute Gasteiger partial charge is 0.465 e. The number of carbonyl (C=O) groups excluding carboxylic acids is 2. The smallest absolute Gasteiger partial charge is 0.328 e. The number of rotatable bonds is 5. The Hall–Kier alpha value is -2.05. The highest BCUT2D eigenvalue weighted by Gasteiger charge is 2.40. The van der Waals surface area contributed by atoms with Crippen LogP contribution >= 0.6 is 0 Å². The number of ether oxygens (including phenoxy) is 2. The number of esters is 2. The second-order valence-electron chi connectivity index (χ2n) is 4.82. The van der Waals surface area contributed by atoms with E-state index in [0.717, 1.165) is 6.07 Å². The molecule has 0 saturated heterocycles. The summed E-state index contributed by atoms with van der Waals surface area (Å²) in [6.07, 6.45) is 0.564. The Kier molecular flexibility index (Phi) is 5.34. The first-order valence-corrected chi connectivity index (χ1v) is 6.24. The zero-order chi connectivity index (χ0) is 16.2. The average molecular weight is 304 g/mol. The molecule has 7 heteroatoms. The standard InChI is InChI=1S/C14H15F3O4/c1-4-7-20-12(18)14(2,3)13(19)21-9-6-5-8(15)10(16)11(9)17/h5-6H,4,7H2,1-3H3. The lowest BCUT2D eigenvalue weighted by Gasteiger charge is -2.20. The van der Waals surface area contributed by atoms with E-state index in [9.17, 15) is 22.8 Å². The molecule has 0 unspecified atom stereocenters. The van der Waals surface area contributed by atoms with Crippen LogP contribution in [0.2, 0.25) is 0 Å². The van der Waals surface area contributed by atoms with Gasteiger partial charge < -0.3 is 9.47 Å². The van der Waals surface area contributed by atoms with Crippen molar-refractivity contribution in [1.82, 2.24) is 0 Å². The first kappa shape index (κ1) is 17.0. The molecular weight excluding hydrogens is 289 g/mol. The molecule has 0 aliphatic carbocycles. The van der Waals surface area contributed by atoms with Gasteiger partial charge >= 0.3 is 11.9 Å². The number of carbonyl (C=O) groups is 2. The predicted molar refractivity (Wildman–Crippen MR) is 67.0 cm³/mol. The van der Waals surface area contributed by atoms with Crippen LogP contribution in [-0.2, 0) is 14.3 Å².